The van der Waals surface area contributed by atoms with Crippen molar-refractivity contribution in [1.82, 2.24) is 15.0 Å². The zero-order valence-corrected chi connectivity index (χ0v) is 20.4. The third kappa shape index (κ3) is 7.90. The quantitative estimate of drug-likeness (QED) is 0.354. The third-order valence-electron chi connectivity index (χ3n) is 5.14. The normalized spacial score (nSPS) is 11.9. The molecule has 0 saturated carbocycles. The van der Waals surface area contributed by atoms with E-state index in [1.54, 1.807) is 6.33 Å². The van der Waals surface area contributed by atoms with E-state index in [2.05, 4.69) is 119 Å². The molecule has 0 aliphatic heterocycles. The van der Waals surface area contributed by atoms with Crippen molar-refractivity contribution in [3.63, 3.8) is 0 Å². The Labute approximate surface area is 188 Å². The highest BCUT2D eigenvalue weighted by molar-refractivity contribution is 5.83. The Hall–Kier alpha value is -3.12. The molecule has 0 atom stereocenters. The Morgan fingerprint density at radius 1 is 1.00 bits per heavy atom. The van der Waals surface area contributed by atoms with E-state index in [4.69, 9.17) is 0 Å². The van der Waals surface area contributed by atoms with E-state index in [1.165, 1.54) is 22.3 Å². The van der Waals surface area contributed by atoms with Crippen LogP contribution in [0.2, 0.25) is 0 Å². The van der Waals surface area contributed by atoms with Gasteiger partial charge in [0.05, 0.1) is 5.69 Å². The van der Waals surface area contributed by atoms with Crippen molar-refractivity contribution in [2.24, 2.45) is 0 Å². The van der Waals surface area contributed by atoms with Gasteiger partial charge in [-0.05, 0) is 56.7 Å². The molecule has 3 rings (SSSR count). The van der Waals surface area contributed by atoms with Crippen LogP contribution in [-0.2, 0) is 5.41 Å². The molecular weight excluding hydrogens is 378 g/mol. The molecule has 3 nitrogen and oxygen atoms in total. The lowest BCUT2D eigenvalue weighted by Crippen LogP contribution is -2.10. The number of aromatic nitrogens is 3. The highest BCUT2D eigenvalue weighted by atomic mass is 14.9. The minimum Gasteiger partial charge on any atom is -0.339 e. The molecule has 0 unspecified atom stereocenters. The first kappa shape index (κ1) is 25.9. The van der Waals surface area contributed by atoms with Crippen LogP contribution in [-0.4, -0.2) is 15.0 Å². The van der Waals surface area contributed by atoms with Crippen molar-refractivity contribution < 1.29 is 0 Å². The fourth-order valence-corrected chi connectivity index (χ4v) is 2.80. The van der Waals surface area contributed by atoms with E-state index in [-0.39, 0.29) is 5.41 Å². The van der Waals surface area contributed by atoms with Crippen molar-refractivity contribution >= 4 is 16.6 Å². The maximum Gasteiger partial charge on any atom is 0.141 e. The zero-order valence-electron chi connectivity index (χ0n) is 20.4. The van der Waals surface area contributed by atoms with Crippen LogP contribution in [0, 0.1) is 26.7 Å². The molecule has 0 aliphatic carbocycles. The second-order valence-electron chi connectivity index (χ2n) is 8.74. The molecule has 0 fully saturated rings. The first-order chi connectivity index (χ1) is 14.6. The van der Waals surface area contributed by atoms with Gasteiger partial charge in [-0.2, -0.15) is 0 Å². The van der Waals surface area contributed by atoms with Gasteiger partial charge in [-0.3, -0.25) is 0 Å². The van der Waals surface area contributed by atoms with Gasteiger partial charge in [0.1, 0.15) is 12.0 Å². The van der Waals surface area contributed by atoms with Crippen LogP contribution in [0.4, 0.5) is 0 Å². The molecular formula is C28H37N3. The molecule has 3 aromatic rings. The zero-order chi connectivity index (χ0) is 23.6. The molecule has 0 aliphatic rings. The molecule has 164 valence electrons. The molecule has 2 aromatic heterocycles. The Kier molecular flexibility index (Phi) is 9.96. The number of hydrogen-bond donors (Lipinski definition) is 1. The molecule has 0 saturated heterocycles. The molecule has 0 amide bonds. The largest absolute Gasteiger partial charge is 0.339 e. The number of benzene rings is 1. The van der Waals surface area contributed by atoms with Crippen molar-refractivity contribution in [2.45, 2.75) is 67.2 Å². The number of nitrogens with zero attached hydrogens (tertiary/aromatic N) is 2. The van der Waals surface area contributed by atoms with Crippen molar-refractivity contribution in [3.8, 4) is 12.8 Å². The summed E-state index contributed by atoms with van der Waals surface area (Å²) >= 11 is 0. The molecule has 3 heteroatoms. The van der Waals surface area contributed by atoms with Gasteiger partial charge in [-0.25, -0.2) is 9.97 Å². The summed E-state index contributed by atoms with van der Waals surface area (Å²) < 4.78 is 0. The highest BCUT2D eigenvalue weighted by Crippen LogP contribution is 2.22. The SMILES string of the molecule is C#C.CC/C(C)=C/C=C(\C)c1cc2c(C)ncnc2[nH]1.Cc1ccc(C(C)(C)C)cc1. The van der Waals surface area contributed by atoms with Gasteiger partial charge < -0.3 is 4.98 Å². The number of H-pyrrole nitrogens is 1. The van der Waals surface area contributed by atoms with E-state index in [0.717, 1.165) is 28.8 Å². The molecule has 2 heterocycles. The molecule has 0 bridgehead atoms. The van der Waals surface area contributed by atoms with E-state index in [1.807, 2.05) is 6.92 Å². The summed E-state index contributed by atoms with van der Waals surface area (Å²) in [4.78, 5) is 11.8. The van der Waals surface area contributed by atoms with E-state index >= 15 is 0 Å². The van der Waals surface area contributed by atoms with Crippen molar-refractivity contribution in [2.75, 3.05) is 0 Å². The van der Waals surface area contributed by atoms with Gasteiger partial charge in [0.2, 0.25) is 0 Å². The predicted octanol–water partition coefficient (Wildman–Crippen LogP) is 7.57. The summed E-state index contributed by atoms with van der Waals surface area (Å²) in [6.45, 7) is 17.2. The van der Waals surface area contributed by atoms with Crippen LogP contribution >= 0.6 is 0 Å². The highest BCUT2D eigenvalue weighted by Gasteiger charge is 2.12. The number of aryl methyl sites for hydroxylation is 2. The topological polar surface area (TPSA) is 41.6 Å². The van der Waals surface area contributed by atoms with Crippen LogP contribution in [0.3, 0.4) is 0 Å². The summed E-state index contributed by atoms with van der Waals surface area (Å²) in [6, 6.07) is 10.9. The van der Waals surface area contributed by atoms with E-state index in [9.17, 15) is 0 Å². The number of allylic oxidation sites excluding steroid dienone is 4. The molecule has 1 N–H and O–H groups in total. The lowest BCUT2D eigenvalue weighted by Gasteiger charge is -2.18. The maximum atomic E-state index is 4.25. The maximum absolute atomic E-state index is 4.25. The number of rotatable bonds is 3. The Morgan fingerprint density at radius 3 is 2.13 bits per heavy atom. The lowest BCUT2D eigenvalue weighted by molar-refractivity contribution is 0.590. The number of hydrogen-bond acceptors (Lipinski definition) is 2. The second-order valence-corrected chi connectivity index (χ2v) is 8.74. The van der Waals surface area contributed by atoms with Gasteiger partial charge in [0.15, 0.2) is 0 Å². The summed E-state index contributed by atoms with van der Waals surface area (Å²) in [5.74, 6) is 0. The average Bonchev–Trinajstić information content (AvgIpc) is 3.19. The Balaban J connectivity index is 0.000000317. The summed E-state index contributed by atoms with van der Waals surface area (Å²) in [7, 11) is 0. The summed E-state index contributed by atoms with van der Waals surface area (Å²) in [6.07, 6.45) is 15.0. The third-order valence-corrected chi connectivity index (χ3v) is 5.14. The van der Waals surface area contributed by atoms with Crippen molar-refractivity contribution in [1.29, 1.82) is 0 Å². The van der Waals surface area contributed by atoms with Crippen LogP contribution in [0.1, 0.15) is 70.5 Å². The smallest absolute Gasteiger partial charge is 0.141 e. The summed E-state index contributed by atoms with van der Waals surface area (Å²) in [5.41, 5.74) is 8.63. The van der Waals surface area contributed by atoms with Gasteiger partial charge in [0.25, 0.3) is 0 Å². The molecule has 31 heavy (non-hydrogen) atoms. The van der Waals surface area contributed by atoms with E-state index < -0.39 is 0 Å². The standard InChI is InChI=1S/C15H19N3.C11H16.C2H2/c1-5-10(2)6-7-11(3)14-8-13-12(4)16-9-17-15(13)18-14;1-9-5-7-10(8-6-9)11(2,3)4;1-2/h6-9H,5H2,1-4H3,(H,16,17,18);5-8H,1-4H3;1-2H/b10-6+,11-7+;;. The monoisotopic (exact) mass is 415 g/mol. The number of aromatic amines is 1. The van der Waals surface area contributed by atoms with Crippen LogP contribution in [0.15, 0.2) is 54.4 Å². The van der Waals surface area contributed by atoms with Crippen LogP contribution in [0.25, 0.3) is 16.6 Å². The number of terminal acetylenes is 1. The van der Waals surface area contributed by atoms with Crippen LogP contribution in [0.5, 0.6) is 0 Å². The van der Waals surface area contributed by atoms with Gasteiger partial charge >= 0.3 is 0 Å². The van der Waals surface area contributed by atoms with Gasteiger partial charge in [0, 0.05) is 11.1 Å². The second kappa shape index (κ2) is 11.9. The Bertz CT molecular complexity index is 1040. The fourth-order valence-electron chi connectivity index (χ4n) is 2.80. The predicted molar refractivity (Wildman–Crippen MR) is 136 cm³/mol. The molecule has 0 radical (unpaired) electrons. The lowest BCUT2D eigenvalue weighted by atomic mass is 9.87. The van der Waals surface area contributed by atoms with Crippen LogP contribution < -0.4 is 0 Å². The van der Waals surface area contributed by atoms with Gasteiger partial charge in [-0.15, -0.1) is 12.8 Å². The molecule has 1 aromatic carbocycles. The molecule has 0 spiro atoms. The fraction of sp³-hybridized carbons (Fsp3) is 0.357. The first-order valence-electron chi connectivity index (χ1n) is 10.7. The minimum absolute atomic E-state index is 0.285. The minimum atomic E-state index is 0.285. The summed E-state index contributed by atoms with van der Waals surface area (Å²) in [5, 5.41) is 1.09. The van der Waals surface area contributed by atoms with Gasteiger partial charge in [-0.1, -0.05) is 75.2 Å². The van der Waals surface area contributed by atoms with E-state index in [0.29, 0.717) is 0 Å². The number of nitrogens with one attached hydrogen (secondary N) is 1. The average molecular weight is 416 g/mol. The Morgan fingerprint density at radius 2 is 1.61 bits per heavy atom. The van der Waals surface area contributed by atoms with Crippen molar-refractivity contribution in [3.05, 3.63) is 76.9 Å². The number of fused-ring (bicyclic) bond motifs is 1. The first-order valence-corrected chi connectivity index (χ1v) is 10.7.